The summed E-state index contributed by atoms with van der Waals surface area (Å²) in [6, 6.07) is 7.49. The second-order valence-corrected chi connectivity index (χ2v) is 9.30. The van der Waals surface area contributed by atoms with Gasteiger partial charge >= 0.3 is 12.0 Å². The number of carboxylic acids is 1. The summed E-state index contributed by atoms with van der Waals surface area (Å²) in [5, 5.41) is 10.9. The van der Waals surface area contributed by atoms with E-state index in [-0.39, 0.29) is 24.0 Å². The zero-order chi connectivity index (χ0) is 21.2. The number of carbonyl (C=O) groups excluding carboxylic acids is 2. The van der Waals surface area contributed by atoms with Crippen molar-refractivity contribution in [1.29, 1.82) is 0 Å². The van der Waals surface area contributed by atoms with Crippen LogP contribution in [0.4, 0.5) is 4.79 Å². The van der Waals surface area contributed by atoms with Gasteiger partial charge in [0.2, 0.25) is 0 Å². The number of fused-ring (bicyclic) bond motifs is 1. The van der Waals surface area contributed by atoms with Crippen molar-refractivity contribution < 1.29 is 19.5 Å². The highest BCUT2D eigenvalue weighted by Gasteiger charge is 2.45. The van der Waals surface area contributed by atoms with Crippen molar-refractivity contribution >= 4 is 41.4 Å². The molecule has 0 aromatic heterocycles. The summed E-state index contributed by atoms with van der Waals surface area (Å²) in [6.07, 6.45) is 4.46. The van der Waals surface area contributed by atoms with Crippen LogP contribution in [0.25, 0.3) is 0 Å². The van der Waals surface area contributed by atoms with Crippen molar-refractivity contribution in [3.63, 3.8) is 0 Å². The van der Waals surface area contributed by atoms with E-state index in [1.165, 1.54) is 22.6 Å². The van der Waals surface area contributed by atoms with E-state index < -0.39 is 5.97 Å². The zero-order valence-corrected chi connectivity index (χ0v) is 18.7. The lowest BCUT2D eigenvalue weighted by atomic mass is 10.1. The summed E-state index contributed by atoms with van der Waals surface area (Å²) < 4.78 is 0. The predicted molar refractivity (Wildman–Crippen MR) is 119 cm³/mol. The summed E-state index contributed by atoms with van der Waals surface area (Å²) >= 11 is 3.59. The summed E-state index contributed by atoms with van der Waals surface area (Å²) in [5.74, 6) is 1.95. The van der Waals surface area contributed by atoms with Crippen LogP contribution in [0.2, 0.25) is 0 Å². The number of hydrogen-bond acceptors (Lipinski definition) is 5. The molecule has 160 valence electrons. The number of nitrogens with zero attached hydrogens (tertiary/aromatic N) is 1. The third-order valence-corrected chi connectivity index (χ3v) is 7.01. The fourth-order valence-corrected chi connectivity index (χ4v) is 5.37. The molecule has 3 amide bonds. The van der Waals surface area contributed by atoms with Crippen LogP contribution in [-0.2, 0) is 4.79 Å². The van der Waals surface area contributed by atoms with E-state index in [0.29, 0.717) is 12.0 Å². The smallest absolute Gasteiger partial charge is 0.325 e. The van der Waals surface area contributed by atoms with Crippen molar-refractivity contribution in [2.45, 2.75) is 62.9 Å². The molecule has 2 fully saturated rings. The Kier molecular flexibility index (Phi) is 9.87. The van der Waals surface area contributed by atoms with Gasteiger partial charge in [0.1, 0.15) is 0 Å². The monoisotopic (exact) mass is 438 g/mol. The molecule has 2 unspecified atom stereocenters. The van der Waals surface area contributed by atoms with Crippen LogP contribution in [0, 0.1) is 0 Å². The molecule has 0 aliphatic carbocycles. The fourth-order valence-electron chi connectivity index (χ4n) is 3.05. The molecular formula is C21H30N2O4S2. The van der Waals surface area contributed by atoms with Gasteiger partial charge in [0.05, 0.1) is 12.1 Å². The molecule has 2 aliphatic rings. The topological polar surface area (TPSA) is 86.7 Å². The molecule has 0 radical (unpaired) electrons. The van der Waals surface area contributed by atoms with Crippen LogP contribution in [0.1, 0.15) is 56.3 Å². The van der Waals surface area contributed by atoms with E-state index in [0.717, 1.165) is 30.1 Å². The highest BCUT2D eigenvalue weighted by atomic mass is 32.2. The van der Waals surface area contributed by atoms with E-state index >= 15 is 0 Å². The lowest BCUT2D eigenvalue weighted by Gasteiger charge is -2.19. The zero-order valence-electron chi connectivity index (χ0n) is 17.1. The maximum atomic E-state index is 12.6. The van der Waals surface area contributed by atoms with Gasteiger partial charge < -0.3 is 10.4 Å². The molecular weight excluding hydrogens is 408 g/mol. The third kappa shape index (κ3) is 6.96. The van der Waals surface area contributed by atoms with Gasteiger partial charge in [-0.05, 0) is 42.9 Å². The first kappa shape index (κ1) is 23.6. The van der Waals surface area contributed by atoms with Crippen molar-refractivity contribution in [3.05, 3.63) is 29.8 Å². The summed E-state index contributed by atoms with van der Waals surface area (Å²) in [5.41, 5.74) is 0.590. The van der Waals surface area contributed by atoms with Gasteiger partial charge in [0.15, 0.2) is 0 Å². The maximum absolute atomic E-state index is 12.6. The number of benzene rings is 1. The number of urea groups is 1. The average molecular weight is 439 g/mol. The van der Waals surface area contributed by atoms with Crippen LogP contribution in [0.3, 0.4) is 0 Å². The van der Waals surface area contributed by atoms with Crippen molar-refractivity contribution in [3.8, 4) is 0 Å². The molecule has 2 saturated heterocycles. The molecule has 2 heterocycles. The predicted octanol–water partition coefficient (Wildman–Crippen LogP) is 4.49. The molecule has 6 nitrogen and oxygen atoms in total. The van der Waals surface area contributed by atoms with E-state index in [1.54, 1.807) is 23.5 Å². The Morgan fingerprint density at radius 1 is 1.17 bits per heavy atom. The van der Waals surface area contributed by atoms with Crippen LogP contribution in [0.15, 0.2) is 29.2 Å². The van der Waals surface area contributed by atoms with Gasteiger partial charge in [0.25, 0.3) is 5.91 Å². The summed E-state index contributed by atoms with van der Waals surface area (Å²) in [4.78, 5) is 37.0. The molecule has 1 aromatic rings. The minimum Gasteiger partial charge on any atom is -0.481 e. The van der Waals surface area contributed by atoms with Gasteiger partial charge in [-0.2, -0.15) is 11.8 Å². The quantitative estimate of drug-likeness (QED) is 0.353. The molecule has 1 aromatic carbocycles. The first-order valence-corrected chi connectivity index (χ1v) is 12.3. The number of rotatable bonds is 8. The highest BCUT2D eigenvalue weighted by Crippen LogP contribution is 2.29. The first-order chi connectivity index (χ1) is 14.0. The maximum Gasteiger partial charge on any atom is 0.325 e. The van der Waals surface area contributed by atoms with Crippen molar-refractivity contribution in [2.24, 2.45) is 0 Å². The molecule has 8 heteroatoms. The molecule has 3 rings (SSSR count). The molecule has 0 spiro atoms. The second-order valence-electron chi connectivity index (χ2n) is 7.06. The van der Waals surface area contributed by atoms with Crippen molar-refractivity contribution in [1.82, 2.24) is 10.2 Å². The van der Waals surface area contributed by atoms with Gasteiger partial charge in [0, 0.05) is 28.4 Å². The minimum atomic E-state index is -0.693. The van der Waals surface area contributed by atoms with E-state index in [1.807, 2.05) is 31.2 Å². The van der Waals surface area contributed by atoms with Gasteiger partial charge in [-0.25, -0.2) is 4.79 Å². The molecule has 2 N–H and O–H groups in total. The standard InChI is InChI=1S/C16H20N2O2S2.C5H10O2/c1-2-3-8-22-12-6-4-11(5-7-12)15(19)18-14-10-21-9-13(14)17-16(18)20;1-2-3-4-5(6)7/h4-7,13-14H,2-3,8-10H2,1H3,(H,17,20);2-4H2,1H3,(H,6,7). The lowest BCUT2D eigenvalue weighted by Crippen LogP contribution is -2.41. The molecule has 0 saturated carbocycles. The average Bonchev–Trinajstić information content (AvgIpc) is 3.27. The Labute approximate surface area is 181 Å². The Balaban J connectivity index is 0.000000370. The number of carbonyl (C=O) groups is 3. The normalized spacial score (nSPS) is 19.9. The molecule has 2 aliphatic heterocycles. The lowest BCUT2D eigenvalue weighted by molar-refractivity contribution is -0.137. The Bertz CT molecular complexity index is 696. The Hall–Kier alpha value is -1.67. The largest absolute Gasteiger partial charge is 0.481 e. The Morgan fingerprint density at radius 3 is 2.45 bits per heavy atom. The molecule has 29 heavy (non-hydrogen) atoms. The SMILES string of the molecule is CCCCC(=O)O.CCCCSc1ccc(C(=O)N2C(=O)NC3CSCC32)cc1. The minimum absolute atomic E-state index is 0.00334. The number of carboxylic acid groups (broad SMARTS) is 1. The number of imide groups is 1. The molecule has 2 atom stereocenters. The number of amides is 3. The summed E-state index contributed by atoms with van der Waals surface area (Å²) in [6.45, 7) is 4.15. The number of nitrogens with one attached hydrogen (secondary N) is 1. The second kappa shape index (κ2) is 12.1. The number of thioether (sulfide) groups is 2. The van der Waals surface area contributed by atoms with E-state index in [2.05, 4.69) is 12.2 Å². The van der Waals surface area contributed by atoms with E-state index in [9.17, 15) is 14.4 Å². The number of hydrogen-bond donors (Lipinski definition) is 2. The fraction of sp³-hybridized carbons (Fsp3) is 0.571. The third-order valence-electron chi connectivity index (χ3n) is 4.74. The number of aliphatic carboxylic acids is 1. The van der Waals surface area contributed by atoms with Crippen LogP contribution < -0.4 is 5.32 Å². The van der Waals surface area contributed by atoms with E-state index in [4.69, 9.17) is 5.11 Å². The van der Waals surface area contributed by atoms with Gasteiger partial charge in [-0.3, -0.25) is 14.5 Å². The van der Waals surface area contributed by atoms with Gasteiger partial charge in [-0.1, -0.05) is 26.7 Å². The van der Waals surface area contributed by atoms with Crippen molar-refractivity contribution in [2.75, 3.05) is 17.3 Å². The Morgan fingerprint density at radius 2 is 1.86 bits per heavy atom. The van der Waals surface area contributed by atoms with Crippen LogP contribution >= 0.6 is 23.5 Å². The van der Waals surface area contributed by atoms with Crippen LogP contribution in [-0.4, -0.2) is 57.3 Å². The number of unbranched alkanes of at least 4 members (excludes halogenated alkanes) is 2. The molecule has 0 bridgehead atoms. The summed E-state index contributed by atoms with van der Waals surface area (Å²) in [7, 11) is 0. The van der Waals surface area contributed by atoms with Crippen LogP contribution in [0.5, 0.6) is 0 Å². The first-order valence-electron chi connectivity index (χ1n) is 10.1. The van der Waals surface area contributed by atoms with Gasteiger partial charge in [-0.15, -0.1) is 11.8 Å². The highest BCUT2D eigenvalue weighted by molar-refractivity contribution is 7.99.